The molecular formula is C26H27FN4O4. The summed E-state index contributed by atoms with van der Waals surface area (Å²) in [5.41, 5.74) is 2.91. The molecule has 0 saturated heterocycles. The summed E-state index contributed by atoms with van der Waals surface area (Å²) < 4.78 is 23.5. The van der Waals surface area contributed by atoms with E-state index in [1.54, 1.807) is 31.3 Å². The van der Waals surface area contributed by atoms with Gasteiger partial charge in [-0.15, -0.1) is 0 Å². The van der Waals surface area contributed by atoms with Crippen molar-refractivity contribution in [2.24, 2.45) is 0 Å². The average molecular weight is 479 g/mol. The van der Waals surface area contributed by atoms with Crippen molar-refractivity contribution >= 4 is 29.4 Å². The maximum Gasteiger partial charge on any atom is 0.311 e. The lowest BCUT2D eigenvalue weighted by Crippen LogP contribution is -2.34. The van der Waals surface area contributed by atoms with Crippen LogP contribution in [-0.4, -0.2) is 35.1 Å². The first-order valence-electron chi connectivity index (χ1n) is 11.5. The van der Waals surface area contributed by atoms with Crippen LogP contribution in [0.2, 0.25) is 0 Å². The molecule has 1 unspecified atom stereocenters. The fourth-order valence-corrected chi connectivity index (χ4v) is 4.02. The van der Waals surface area contributed by atoms with Crippen molar-refractivity contribution in [1.29, 1.82) is 0 Å². The maximum atomic E-state index is 13.2. The fraction of sp³-hybridized carbons (Fsp3) is 0.308. The zero-order valence-electron chi connectivity index (χ0n) is 19.7. The minimum absolute atomic E-state index is 0.0101. The number of esters is 2. The van der Waals surface area contributed by atoms with E-state index < -0.39 is 11.9 Å². The molecule has 1 atom stereocenters. The number of ether oxygens (including phenoxy) is 2. The van der Waals surface area contributed by atoms with E-state index in [0.29, 0.717) is 17.4 Å². The Morgan fingerprint density at radius 1 is 1.11 bits per heavy atom. The number of carbonyl (C=O) groups is 2. The predicted octanol–water partition coefficient (Wildman–Crippen LogP) is 4.73. The lowest BCUT2D eigenvalue weighted by atomic mass is 9.93. The van der Waals surface area contributed by atoms with Crippen molar-refractivity contribution < 1.29 is 23.5 Å². The van der Waals surface area contributed by atoms with Gasteiger partial charge in [0.1, 0.15) is 17.4 Å². The van der Waals surface area contributed by atoms with Crippen LogP contribution < -0.4 is 15.0 Å². The highest BCUT2D eigenvalue weighted by Crippen LogP contribution is 2.35. The van der Waals surface area contributed by atoms with Gasteiger partial charge in [0.05, 0.1) is 25.5 Å². The molecule has 3 aromatic rings. The predicted molar refractivity (Wildman–Crippen MR) is 129 cm³/mol. The molecule has 1 aliphatic heterocycles. The van der Waals surface area contributed by atoms with E-state index in [9.17, 15) is 14.0 Å². The molecule has 1 aliphatic rings. The van der Waals surface area contributed by atoms with Crippen LogP contribution in [0.15, 0.2) is 54.7 Å². The number of hydrogen-bond donors (Lipinski definition) is 1. The van der Waals surface area contributed by atoms with Gasteiger partial charge >= 0.3 is 11.9 Å². The number of nitrogens with one attached hydrogen (secondary N) is 1. The summed E-state index contributed by atoms with van der Waals surface area (Å²) in [5, 5.41) is 3.10. The van der Waals surface area contributed by atoms with E-state index in [1.165, 1.54) is 17.7 Å². The summed E-state index contributed by atoms with van der Waals surface area (Å²) >= 11 is 0. The molecule has 9 heteroatoms. The molecule has 0 aliphatic carbocycles. The largest absolute Gasteiger partial charge is 0.466 e. The summed E-state index contributed by atoms with van der Waals surface area (Å²) in [4.78, 5) is 34.7. The standard InChI is InChI=1S/C26H27FN4O4/c1-3-34-24(32)10-11-25(33)35-21-9-4-18-13-15-31(17(2)22(18)16-21)23-12-14-28-26(30-23)29-20-7-5-19(27)6-8-20/h4-9,12,14,16-17H,3,10-11,13,15H2,1-2H3,(H,28,29,30). The number of carbonyl (C=O) groups excluding carboxylic acids is 2. The second-order valence-electron chi connectivity index (χ2n) is 8.13. The first-order valence-corrected chi connectivity index (χ1v) is 11.5. The molecule has 4 rings (SSSR count). The summed E-state index contributed by atoms with van der Waals surface area (Å²) in [6.45, 7) is 4.83. The molecule has 0 fully saturated rings. The van der Waals surface area contributed by atoms with Crippen LogP contribution in [0.5, 0.6) is 5.75 Å². The smallest absolute Gasteiger partial charge is 0.311 e. The fourth-order valence-electron chi connectivity index (χ4n) is 4.02. The van der Waals surface area contributed by atoms with Gasteiger partial charge < -0.3 is 19.7 Å². The number of nitrogens with zero attached hydrogens (tertiary/aromatic N) is 3. The van der Waals surface area contributed by atoms with Gasteiger partial charge in [-0.3, -0.25) is 9.59 Å². The van der Waals surface area contributed by atoms with E-state index >= 15 is 0 Å². The van der Waals surface area contributed by atoms with Gasteiger partial charge in [0, 0.05) is 18.4 Å². The van der Waals surface area contributed by atoms with E-state index in [1.807, 2.05) is 18.2 Å². The molecule has 8 nitrogen and oxygen atoms in total. The normalized spacial score (nSPS) is 14.7. The molecular weight excluding hydrogens is 451 g/mol. The highest BCUT2D eigenvalue weighted by molar-refractivity contribution is 5.79. The molecule has 2 heterocycles. The molecule has 0 amide bonds. The Kier molecular flexibility index (Phi) is 7.54. The Morgan fingerprint density at radius 2 is 1.89 bits per heavy atom. The van der Waals surface area contributed by atoms with Gasteiger partial charge in [-0.05, 0) is 73.9 Å². The van der Waals surface area contributed by atoms with E-state index in [2.05, 4.69) is 27.1 Å². The Morgan fingerprint density at radius 3 is 2.66 bits per heavy atom. The SMILES string of the molecule is CCOC(=O)CCC(=O)Oc1ccc2c(c1)C(C)N(c1ccnc(Nc3ccc(F)cc3)n1)CC2. The minimum Gasteiger partial charge on any atom is -0.466 e. The summed E-state index contributed by atoms with van der Waals surface area (Å²) in [5.74, 6) is 0.390. The molecule has 1 aromatic heterocycles. The second-order valence-corrected chi connectivity index (χ2v) is 8.13. The molecule has 0 spiro atoms. The lowest BCUT2D eigenvalue weighted by molar-refractivity contribution is -0.146. The number of benzene rings is 2. The third-order valence-electron chi connectivity index (χ3n) is 5.76. The number of hydrogen-bond acceptors (Lipinski definition) is 8. The van der Waals surface area contributed by atoms with Crippen LogP contribution in [0.25, 0.3) is 0 Å². The first-order chi connectivity index (χ1) is 16.9. The van der Waals surface area contributed by atoms with Crippen molar-refractivity contribution in [3.05, 3.63) is 71.7 Å². The zero-order chi connectivity index (χ0) is 24.8. The molecule has 0 radical (unpaired) electrons. The minimum atomic E-state index is -0.481. The van der Waals surface area contributed by atoms with E-state index in [4.69, 9.17) is 9.47 Å². The van der Waals surface area contributed by atoms with Crippen molar-refractivity contribution in [3.63, 3.8) is 0 Å². The number of aromatic nitrogens is 2. The van der Waals surface area contributed by atoms with Crippen LogP contribution in [0.3, 0.4) is 0 Å². The van der Waals surface area contributed by atoms with Gasteiger partial charge in [0.2, 0.25) is 5.95 Å². The molecule has 1 N–H and O–H groups in total. The van der Waals surface area contributed by atoms with E-state index in [-0.39, 0.29) is 31.3 Å². The highest BCUT2D eigenvalue weighted by Gasteiger charge is 2.26. The first kappa shape index (κ1) is 24.1. The highest BCUT2D eigenvalue weighted by atomic mass is 19.1. The monoisotopic (exact) mass is 478 g/mol. The van der Waals surface area contributed by atoms with Crippen LogP contribution in [0.4, 0.5) is 21.8 Å². The van der Waals surface area contributed by atoms with Crippen molar-refractivity contribution in [2.75, 3.05) is 23.4 Å². The second kappa shape index (κ2) is 10.9. The Balaban J connectivity index is 1.45. The quantitative estimate of drug-likeness (QED) is 0.367. The van der Waals surface area contributed by atoms with Gasteiger partial charge in [-0.2, -0.15) is 4.98 Å². The lowest BCUT2D eigenvalue weighted by Gasteiger charge is -2.36. The van der Waals surface area contributed by atoms with Crippen molar-refractivity contribution in [2.45, 2.75) is 39.2 Å². The molecule has 35 heavy (non-hydrogen) atoms. The average Bonchev–Trinajstić information content (AvgIpc) is 2.85. The van der Waals surface area contributed by atoms with Gasteiger partial charge in [0.15, 0.2) is 0 Å². The van der Waals surface area contributed by atoms with Crippen LogP contribution >= 0.6 is 0 Å². The maximum absolute atomic E-state index is 13.2. The number of rotatable bonds is 8. The Hall–Kier alpha value is -4.01. The van der Waals surface area contributed by atoms with Crippen LogP contribution in [-0.2, 0) is 20.7 Å². The number of halogens is 1. The molecule has 182 valence electrons. The van der Waals surface area contributed by atoms with E-state index in [0.717, 1.165) is 24.3 Å². The van der Waals surface area contributed by atoms with Crippen molar-refractivity contribution in [1.82, 2.24) is 9.97 Å². The summed E-state index contributed by atoms with van der Waals surface area (Å²) in [6, 6.07) is 13.4. The van der Waals surface area contributed by atoms with Crippen LogP contribution in [0.1, 0.15) is 43.9 Å². The van der Waals surface area contributed by atoms with Crippen LogP contribution in [0, 0.1) is 5.82 Å². The topological polar surface area (TPSA) is 93.7 Å². The number of anilines is 3. The third kappa shape index (κ3) is 6.11. The summed E-state index contributed by atoms with van der Waals surface area (Å²) in [6.07, 6.45) is 2.44. The zero-order valence-corrected chi connectivity index (χ0v) is 19.7. The third-order valence-corrected chi connectivity index (χ3v) is 5.76. The van der Waals surface area contributed by atoms with Crippen molar-refractivity contribution in [3.8, 4) is 5.75 Å². The van der Waals surface area contributed by atoms with Gasteiger partial charge in [0.25, 0.3) is 0 Å². The van der Waals surface area contributed by atoms with Gasteiger partial charge in [-0.1, -0.05) is 6.07 Å². The Labute approximate surface area is 203 Å². The molecule has 0 saturated carbocycles. The molecule has 2 aromatic carbocycles. The number of fused-ring (bicyclic) bond motifs is 1. The Bertz CT molecular complexity index is 1200. The molecule has 0 bridgehead atoms. The summed E-state index contributed by atoms with van der Waals surface area (Å²) in [7, 11) is 0. The van der Waals surface area contributed by atoms with Gasteiger partial charge in [-0.25, -0.2) is 9.37 Å².